The first-order valence-corrected chi connectivity index (χ1v) is 10.6. The molecule has 1 unspecified atom stereocenters. The van der Waals surface area contributed by atoms with Gasteiger partial charge < -0.3 is 23.8 Å². The molecule has 1 fully saturated rings. The van der Waals surface area contributed by atoms with Gasteiger partial charge in [0.15, 0.2) is 5.82 Å². The van der Waals surface area contributed by atoms with Gasteiger partial charge in [-0.1, -0.05) is 0 Å². The zero-order valence-corrected chi connectivity index (χ0v) is 18.3. The fraction of sp³-hybridized carbons (Fsp3) is 0.545. The second-order valence-electron chi connectivity index (χ2n) is 8.15. The van der Waals surface area contributed by atoms with Gasteiger partial charge in [-0.15, -0.1) is 10.2 Å². The minimum atomic E-state index is -0.00930. The number of aromatic nitrogens is 3. The number of ether oxygens (including phenoxy) is 2. The number of rotatable bonds is 5. The summed E-state index contributed by atoms with van der Waals surface area (Å²) in [5.74, 6) is 2.60. The molecule has 1 saturated heterocycles. The highest BCUT2D eigenvalue weighted by atomic mass is 16.5. The Morgan fingerprint density at radius 3 is 2.71 bits per heavy atom. The summed E-state index contributed by atoms with van der Waals surface area (Å²) in [4.78, 5) is 29.0. The second kappa shape index (κ2) is 9.05. The first-order chi connectivity index (χ1) is 15.0. The van der Waals surface area contributed by atoms with Crippen LogP contribution in [0, 0.1) is 6.92 Å². The van der Waals surface area contributed by atoms with Gasteiger partial charge in [0.1, 0.15) is 18.2 Å². The van der Waals surface area contributed by atoms with E-state index in [2.05, 4.69) is 14.8 Å². The highest BCUT2D eigenvalue weighted by Gasteiger charge is 2.32. The molecule has 0 aliphatic carbocycles. The van der Waals surface area contributed by atoms with E-state index >= 15 is 0 Å². The highest BCUT2D eigenvalue weighted by Crippen LogP contribution is 2.28. The number of hydrogen-bond donors (Lipinski definition) is 0. The molecule has 0 saturated carbocycles. The van der Waals surface area contributed by atoms with Crippen LogP contribution in [0.2, 0.25) is 0 Å². The zero-order valence-electron chi connectivity index (χ0n) is 18.3. The number of aryl methyl sites for hydroxylation is 1. The smallest absolute Gasteiger partial charge is 0.254 e. The molecule has 0 N–H and O–H groups in total. The second-order valence-corrected chi connectivity index (χ2v) is 8.15. The average Bonchev–Trinajstić information content (AvgIpc) is 3.22. The molecule has 2 aliphatic rings. The number of hydrogen-bond acceptors (Lipinski definition) is 6. The molecule has 2 aliphatic heterocycles. The van der Waals surface area contributed by atoms with Crippen LogP contribution in [-0.4, -0.2) is 76.8 Å². The number of methoxy groups -OCH3 is 2. The lowest BCUT2D eigenvalue weighted by Gasteiger charge is -2.33. The van der Waals surface area contributed by atoms with E-state index in [0.29, 0.717) is 31.7 Å². The van der Waals surface area contributed by atoms with Crippen molar-refractivity contribution in [1.82, 2.24) is 24.6 Å². The van der Waals surface area contributed by atoms with Gasteiger partial charge in [-0.2, -0.15) is 0 Å². The van der Waals surface area contributed by atoms with Crippen molar-refractivity contribution in [2.45, 2.75) is 38.8 Å². The summed E-state index contributed by atoms with van der Waals surface area (Å²) in [6.07, 6.45) is 1.91. The molecule has 1 atom stereocenters. The summed E-state index contributed by atoms with van der Waals surface area (Å²) in [6, 6.07) is 5.50. The Labute approximate surface area is 181 Å². The van der Waals surface area contributed by atoms with Crippen LogP contribution >= 0.6 is 0 Å². The van der Waals surface area contributed by atoms with Gasteiger partial charge >= 0.3 is 0 Å². The van der Waals surface area contributed by atoms with Crippen molar-refractivity contribution in [3.63, 3.8) is 0 Å². The third kappa shape index (κ3) is 4.27. The van der Waals surface area contributed by atoms with Gasteiger partial charge in [0.2, 0.25) is 5.91 Å². The van der Waals surface area contributed by atoms with Crippen LogP contribution in [-0.2, 0) is 22.6 Å². The SMILES string of the molecule is COCC(=O)N1CCCC(c2nnc3n2CCN(C(=O)c2ccc(OC)cc2C)C3)C1. The van der Waals surface area contributed by atoms with E-state index in [-0.39, 0.29) is 24.3 Å². The summed E-state index contributed by atoms with van der Waals surface area (Å²) in [7, 11) is 3.15. The van der Waals surface area contributed by atoms with Crippen LogP contribution in [0.1, 0.15) is 46.3 Å². The maximum atomic E-state index is 13.1. The van der Waals surface area contributed by atoms with Crippen molar-refractivity contribution in [3.05, 3.63) is 41.0 Å². The van der Waals surface area contributed by atoms with Gasteiger partial charge in [-0.3, -0.25) is 9.59 Å². The van der Waals surface area contributed by atoms with Crippen molar-refractivity contribution in [1.29, 1.82) is 0 Å². The maximum Gasteiger partial charge on any atom is 0.254 e. The molecule has 1 aromatic heterocycles. The summed E-state index contributed by atoms with van der Waals surface area (Å²) >= 11 is 0. The normalized spacial score (nSPS) is 18.6. The first-order valence-electron chi connectivity index (χ1n) is 10.6. The number of likely N-dealkylation sites (tertiary alicyclic amines) is 1. The number of piperidine rings is 1. The largest absolute Gasteiger partial charge is 0.497 e. The van der Waals surface area contributed by atoms with Crippen LogP contribution in [0.25, 0.3) is 0 Å². The fourth-order valence-electron chi connectivity index (χ4n) is 4.46. The number of benzene rings is 1. The quantitative estimate of drug-likeness (QED) is 0.720. The van der Waals surface area contributed by atoms with Gasteiger partial charge in [-0.25, -0.2) is 0 Å². The Kier molecular flexibility index (Phi) is 6.22. The summed E-state index contributed by atoms with van der Waals surface area (Å²) < 4.78 is 12.4. The van der Waals surface area contributed by atoms with E-state index < -0.39 is 0 Å². The minimum Gasteiger partial charge on any atom is -0.497 e. The van der Waals surface area contributed by atoms with E-state index in [1.165, 1.54) is 7.11 Å². The molecule has 3 heterocycles. The monoisotopic (exact) mass is 427 g/mol. The molecular weight excluding hydrogens is 398 g/mol. The van der Waals surface area contributed by atoms with Crippen LogP contribution in [0.15, 0.2) is 18.2 Å². The number of carbonyl (C=O) groups is 2. The van der Waals surface area contributed by atoms with Crippen LogP contribution in [0.4, 0.5) is 0 Å². The number of fused-ring (bicyclic) bond motifs is 1. The van der Waals surface area contributed by atoms with E-state index in [4.69, 9.17) is 9.47 Å². The highest BCUT2D eigenvalue weighted by molar-refractivity contribution is 5.95. The number of amides is 2. The predicted molar refractivity (Wildman–Crippen MR) is 113 cm³/mol. The molecule has 4 rings (SSSR count). The fourth-order valence-corrected chi connectivity index (χ4v) is 4.46. The standard InChI is InChI=1S/C22H29N5O4/c1-15-11-17(31-3)6-7-18(15)22(29)26-9-10-27-19(13-26)23-24-21(27)16-5-4-8-25(12-16)20(28)14-30-2/h6-7,11,16H,4-5,8-10,12-14H2,1-3H3. The average molecular weight is 428 g/mol. The summed E-state index contributed by atoms with van der Waals surface area (Å²) in [5.41, 5.74) is 1.56. The van der Waals surface area contributed by atoms with E-state index in [9.17, 15) is 9.59 Å². The Balaban J connectivity index is 1.47. The third-order valence-electron chi connectivity index (χ3n) is 6.14. The van der Waals surface area contributed by atoms with Gasteiger partial charge in [0.05, 0.1) is 13.7 Å². The van der Waals surface area contributed by atoms with Crippen LogP contribution in [0.3, 0.4) is 0 Å². The van der Waals surface area contributed by atoms with Crippen LogP contribution < -0.4 is 4.74 Å². The molecule has 0 spiro atoms. The van der Waals surface area contributed by atoms with Crippen molar-refractivity contribution in [3.8, 4) is 5.75 Å². The van der Waals surface area contributed by atoms with Crippen molar-refractivity contribution < 1.29 is 19.1 Å². The van der Waals surface area contributed by atoms with Crippen LogP contribution in [0.5, 0.6) is 5.75 Å². The van der Waals surface area contributed by atoms with E-state index in [0.717, 1.165) is 42.3 Å². The van der Waals surface area contributed by atoms with Gasteiger partial charge in [0.25, 0.3) is 5.91 Å². The Bertz CT molecular complexity index is 973. The number of carbonyl (C=O) groups excluding carboxylic acids is 2. The molecule has 1 aromatic carbocycles. The van der Waals surface area contributed by atoms with Gasteiger partial charge in [0, 0.05) is 44.8 Å². The Morgan fingerprint density at radius 2 is 1.97 bits per heavy atom. The Morgan fingerprint density at radius 1 is 1.13 bits per heavy atom. The molecular formula is C22H29N5O4. The van der Waals surface area contributed by atoms with Gasteiger partial charge in [-0.05, 0) is 43.5 Å². The Hall–Kier alpha value is -2.94. The molecule has 2 amide bonds. The maximum absolute atomic E-state index is 13.1. The zero-order chi connectivity index (χ0) is 22.0. The third-order valence-corrected chi connectivity index (χ3v) is 6.14. The minimum absolute atomic E-state index is 0.00930. The lowest BCUT2D eigenvalue weighted by molar-refractivity contribution is -0.136. The molecule has 166 valence electrons. The summed E-state index contributed by atoms with van der Waals surface area (Å²) in [5, 5.41) is 8.84. The molecule has 9 nitrogen and oxygen atoms in total. The van der Waals surface area contributed by atoms with E-state index in [1.54, 1.807) is 7.11 Å². The molecule has 31 heavy (non-hydrogen) atoms. The first kappa shape index (κ1) is 21.3. The van der Waals surface area contributed by atoms with Crippen molar-refractivity contribution in [2.24, 2.45) is 0 Å². The number of nitrogens with zero attached hydrogens (tertiary/aromatic N) is 5. The van der Waals surface area contributed by atoms with Crippen molar-refractivity contribution >= 4 is 11.8 Å². The molecule has 0 radical (unpaired) electrons. The lowest BCUT2D eigenvalue weighted by Crippen LogP contribution is -2.42. The molecule has 0 bridgehead atoms. The topological polar surface area (TPSA) is 89.8 Å². The van der Waals surface area contributed by atoms with E-state index in [1.807, 2.05) is 34.9 Å². The molecule has 2 aromatic rings. The predicted octanol–water partition coefficient (Wildman–Crippen LogP) is 1.60. The lowest BCUT2D eigenvalue weighted by atomic mass is 9.97. The van der Waals surface area contributed by atoms with Crippen molar-refractivity contribution in [2.75, 3.05) is 40.5 Å². The molecule has 9 heteroatoms. The summed E-state index contributed by atoms with van der Waals surface area (Å²) in [6.45, 7) is 5.09.